The third-order valence-electron chi connectivity index (χ3n) is 5.65. The summed E-state index contributed by atoms with van der Waals surface area (Å²) in [5.74, 6) is -2.78. The first kappa shape index (κ1) is 24.7. The minimum absolute atomic E-state index is 0.0274. The van der Waals surface area contributed by atoms with E-state index in [4.69, 9.17) is 9.47 Å². The fourth-order valence-electron chi connectivity index (χ4n) is 3.70. The Kier molecular flexibility index (Phi) is 8.93. The number of halogens is 3. The van der Waals surface area contributed by atoms with E-state index in [1.54, 1.807) is 13.0 Å². The van der Waals surface area contributed by atoms with E-state index >= 15 is 0 Å². The average Bonchev–Trinajstić information content (AvgIpc) is 2.80. The minimum atomic E-state index is -1.09. The normalized spacial score (nSPS) is 21.9. The molecule has 1 aromatic rings. The van der Waals surface area contributed by atoms with Crippen LogP contribution in [0.3, 0.4) is 0 Å². The van der Waals surface area contributed by atoms with E-state index in [1.165, 1.54) is 0 Å². The lowest BCUT2D eigenvalue weighted by atomic mass is 9.93. The molecule has 1 fully saturated rings. The summed E-state index contributed by atoms with van der Waals surface area (Å²) in [6.45, 7) is 19.6. The summed E-state index contributed by atoms with van der Waals surface area (Å²) in [5.41, 5.74) is 1.36. The summed E-state index contributed by atoms with van der Waals surface area (Å²) < 4.78 is 55.0. The number of allylic oxidation sites excluding steroid dienone is 3. The SMILES string of the molecule is C=C.C=CC1CCC(CCc2cc3c(c(F)c2F)O/C(=C(\F)C(=C)CC)C(=C)C3)OC1. The van der Waals surface area contributed by atoms with Gasteiger partial charge in [-0.2, -0.15) is 4.39 Å². The van der Waals surface area contributed by atoms with E-state index in [1.807, 2.05) is 6.08 Å². The Bertz CT molecular complexity index is 877. The fourth-order valence-corrected chi connectivity index (χ4v) is 3.70. The van der Waals surface area contributed by atoms with Crippen LogP contribution in [-0.4, -0.2) is 12.7 Å². The van der Waals surface area contributed by atoms with Crippen molar-refractivity contribution in [2.45, 2.75) is 51.6 Å². The molecule has 0 radical (unpaired) electrons. The number of rotatable bonds is 6. The van der Waals surface area contributed by atoms with Crippen LogP contribution in [-0.2, 0) is 17.6 Å². The zero-order valence-corrected chi connectivity index (χ0v) is 18.2. The molecule has 2 atom stereocenters. The molecule has 31 heavy (non-hydrogen) atoms. The van der Waals surface area contributed by atoms with Crippen molar-refractivity contribution in [3.8, 4) is 5.75 Å². The molecule has 0 saturated carbocycles. The molecular formula is C26H31F3O2. The number of benzene rings is 1. The van der Waals surface area contributed by atoms with Gasteiger partial charge < -0.3 is 9.47 Å². The van der Waals surface area contributed by atoms with Crippen LogP contribution in [0.4, 0.5) is 13.2 Å². The van der Waals surface area contributed by atoms with Crippen LogP contribution in [0.25, 0.3) is 0 Å². The monoisotopic (exact) mass is 432 g/mol. The number of hydrogen-bond donors (Lipinski definition) is 0. The van der Waals surface area contributed by atoms with Crippen molar-refractivity contribution in [2.24, 2.45) is 5.92 Å². The molecule has 3 rings (SSSR count). The van der Waals surface area contributed by atoms with Crippen molar-refractivity contribution in [3.05, 3.63) is 90.5 Å². The largest absolute Gasteiger partial charge is 0.450 e. The van der Waals surface area contributed by atoms with Crippen LogP contribution < -0.4 is 4.74 Å². The predicted molar refractivity (Wildman–Crippen MR) is 120 cm³/mol. The van der Waals surface area contributed by atoms with Gasteiger partial charge >= 0.3 is 0 Å². The van der Waals surface area contributed by atoms with Gasteiger partial charge in [0.25, 0.3) is 0 Å². The van der Waals surface area contributed by atoms with E-state index in [0.29, 0.717) is 42.9 Å². The van der Waals surface area contributed by atoms with Gasteiger partial charge in [-0.15, -0.1) is 19.7 Å². The van der Waals surface area contributed by atoms with Gasteiger partial charge in [-0.3, -0.25) is 0 Å². The van der Waals surface area contributed by atoms with Gasteiger partial charge in [-0.25, -0.2) is 8.78 Å². The van der Waals surface area contributed by atoms with Crippen molar-refractivity contribution in [1.29, 1.82) is 0 Å². The second-order valence-corrected chi connectivity index (χ2v) is 7.70. The van der Waals surface area contributed by atoms with Crippen molar-refractivity contribution in [2.75, 3.05) is 6.61 Å². The molecule has 2 aliphatic heterocycles. The highest BCUT2D eigenvalue weighted by Crippen LogP contribution is 2.39. The summed E-state index contributed by atoms with van der Waals surface area (Å²) in [6, 6.07) is 1.59. The molecule has 0 aliphatic carbocycles. The summed E-state index contributed by atoms with van der Waals surface area (Å²) in [4.78, 5) is 0. The standard InChI is InChI=1S/C24H27F3O2.C2H4/c1-5-14(3)20(25)23-15(4)11-18-12-17(21(26)22(27)24(18)29-23)8-10-19-9-7-16(6-2)13-28-19;1-2/h6,12,16,19H,2-5,7-11,13H2,1H3;1-2H2/b23-20-;. The van der Waals surface area contributed by atoms with Gasteiger partial charge in [0.15, 0.2) is 23.2 Å². The lowest BCUT2D eigenvalue weighted by molar-refractivity contribution is -0.00790. The van der Waals surface area contributed by atoms with Crippen molar-refractivity contribution in [1.82, 2.24) is 0 Å². The molecule has 5 heteroatoms. The zero-order chi connectivity index (χ0) is 23.1. The van der Waals surface area contributed by atoms with Crippen LogP contribution in [0.1, 0.15) is 43.7 Å². The Labute approximate surface area is 183 Å². The number of fused-ring (bicyclic) bond motifs is 1. The molecule has 0 amide bonds. The maximum atomic E-state index is 14.7. The molecule has 0 spiro atoms. The van der Waals surface area contributed by atoms with Gasteiger partial charge in [-0.1, -0.05) is 26.2 Å². The summed E-state index contributed by atoms with van der Waals surface area (Å²) in [6.07, 6.45) is 5.33. The Morgan fingerprint density at radius 1 is 1.23 bits per heavy atom. The third kappa shape index (κ3) is 5.59. The van der Waals surface area contributed by atoms with E-state index in [-0.39, 0.29) is 35.2 Å². The van der Waals surface area contributed by atoms with Crippen LogP contribution in [0.5, 0.6) is 5.75 Å². The minimum Gasteiger partial charge on any atom is -0.450 e. The Hall–Kier alpha value is -2.53. The molecule has 1 saturated heterocycles. The maximum absolute atomic E-state index is 14.7. The smallest absolute Gasteiger partial charge is 0.201 e. The van der Waals surface area contributed by atoms with Crippen LogP contribution in [0.2, 0.25) is 0 Å². The van der Waals surface area contributed by atoms with Crippen LogP contribution in [0, 0.1) is 17.6 Å². The topological polar surface area (TPSA) is 18.5 Å². The molecule has 0 aromatic heterocycles. The second-order valence-electron chi connectivity index (χ2n) is 7.70. The Balaban J connectivity index is 0.00000166. The van der Waals surface area contributed by atoms with Gasteiger partial charge in [0.05, 0.1) is 12.7 Å². The lowest BCUT2D eigenvalue weighted by Gasteiger charge is -2.28. The van der Waals surface area contributed by atoms with Crippen molar-refractivity contribution in [3.63, 3.8) is 0 Å². The number of aryl methyl sites for hydroxylation is 1. The Morgan fingerprint density at radius 3 is 2.52 bits per heavy atom. The first-order valence-electron chi connectivity index (χ1n) is 10.5. The van der Waals surface area contributed by atoms with Crippen LogP contribution in [0.15, 0.2) is 67.8 Å². The predicted octanol–water partition coefficient (Wildman–Crippen LogP) is 7.32. The van der Waals surface area contributed by atoms with Gasteiger partial charge in [0, 0.05) is 17.9 Å². The maximum Gasteiger partial charge on any atom is 0.201 e. The number of ether oxygens (including phenoxy) is 2. The van der Waals surface area contributed by atoms with Gasteiger partial charge in [0.2, 0.25) is 5.82 Å². The lowest BCUT2D eigenvalue weighted by Crippen LogP contribution is -2.25. The first-order chi connectivity index (χ1) is 14.8. The van der Waals surface area contributed by atoms with E-state index in [0.717, 1.165) is 12.8 Å². The molecule has 2 unspecified atom stereocenters. The average molecular weight is 433 g/mol. The molecular weight excluding hydrogens is 401 g/mol. The zero-order valence-electron chi connectivity index (χ0n) is 18.2. The first-order valence-corrected chi connectivity index (χ1v) is 10.5. The molecule has 2 heterocycles. The second kappa shape index (κ2) is 11.2. The fraction of sp³-hybridized carbons (Fsp3) is 0.385. The molecule has 2 nitrogen and oxygen atoms in total. The van der Waals surface area contributed by atoms with Crippen molar-refractivity contribution >= 4 is 0 Å². The quantitative estimate of drug-likeness (QED) is 0.439. The molecule has 168 valence electrons. The molecule has 2 aliphatic rings. The number of hydrogen-bond acceptors (Lipinski definition) is 2. The molecule has 0 bridgehead atoms. The summed E-state index contributed by atoms with van der Waals surface area (Å²) >= 11 is 0. The Morgan fingerprint density at radius 2 is 1.94 bits per heavy atom. The van der Waals surface area contributed by atoms with Gasteiger partial charge in [0.1, 0.15) is 0 Å². The van der Waals surface area contributed by atoms with Crippen molar-refractivity contribution < 1.29 is 22.6 Å². The van der Waals surface area contributed by atoms with Crippen LogP contribution >= 0.6 is 0 Å². The molecule has 1 aromatic carbocycles. The summed E-state index contributed by atoms with van der Waals surface area (Å²) in [7, 11) is 0. The van der Waals surface area contributed by atoms with E-state index in [9.17, 15) is 13.2 Å². The molecule has 0 N–H and O–H groups in total. The van der Waals surface area contributed by atoms with E-state index < -0.39 is 17.5 Å². The third-order valence-corrected chi connectivity index (χ3v) is 5.65. The highest BCUT2D eigenvalue weighted by atomic mass is 19.2. The van der Waals surface area contributed by atoms with Gasteiger partial charge in [-0.05, 0) is 54.9 Å². The highest BCUT2D eigenvalue weighted by Gasteiger charge is 2.29. The van der Waals surface area contributed by atoms with E-state index in [2.05, 4.69) is 32.9 Å². The summed E-state index contributed by atoms with van der Waals surface area (Å²) in [5, 5.41) is 0. The highest BCUT2D eigenvalue weighted by molar-refractivity contribution is 5.51.